The third-order valence-electron chi connectivity index (χ3n) is 5.72. The van der Waals surface area contributed by atoms with Crippen molar-refractivity contribution in [1.82, 2.24) is 19.7 Å². The SMILES string of the molecule is Cc1ccc(-c2cn([C@H]3C[C@H](CO)C[C@@H]3NS(=O)(=O)c3ccc(C)cc3)nn2)cc1. The number of aryl methyl sites for hydroxylation is 2. The van der Waals surface area contributed by atoms with Gasteiger partial charge in [-0.2, -0.15) is 0 Å². The predicted molar refractivity (Wildman–Crippen MR) is 114 cm³/mol. The molecule has 8 heteroatoms. The molecule has 4 rings (SSSR count). The lowest BCUT2D eigenvalue weighted by Gasteiger charge is -2.20. The molecule has 0 unspecified atom stereocenters. The van der Waals surface area contributed by atoms with Gasteiger partial charge in [0.25, 0.3) is 0 Å². The van der Waals surface area contributed by atoms with E-state index in [0.717, 1.165) is 16.8 Å². The Bertz CT molecular complexity index is 1110. The average molecular weight is 427 g/mol. The van der Waals surface area contributed by atoms with Crippen LogP contribution in [0.4, 0.5) is 0 Å². The van der Waals surface area contributed by atoms with E-state index < -0.39 is 10.0 Å². The van der Waals surface area contributed by atoms with Crippen molar-refractivity contribution >= 4 is 10.0 Å². The molecule has 1 aliphatic rings. The summed E-state index contributed by atoms with van der Waals surface area (Å²) in [7, 11) is -3.68. The average Bonchev–Trinajstić information content (AvgIpc) is 3.35. The van der Waals surface area contributed by atoms with E-state index in [4.69, 9.17) is 0 Å². The summed E-state index contributed by atoms with van der Waals surface area (Å²) in [5.41, 5.74) is 3.86. The van der Waals surface area contributed by atoms with Crippen molar-refractivity contribution in [2.24, 2.45) is 5.92 Å². The lowest BCUT2D eigenvalue weighted by molar-refractivity contribution is 0.225. The Kier molecular flexibility index (Phi) is 5.73. The van der Waals surface area contributed by atoms with Crippen LogP contribution in [0.3, 0.4) is 0 Å². The fourth-order valence-electron chi connectivity index (χ4n) is 3.97. The van der Waals surface area contributed by atoms with Crippen LogP contribution in [-0.4, -0.2) is 41.2 Å². The molecule has 0 aliphatic heterocycles. The second kappa shape index (κ2) is 8.29. The molecule has 7 nitrogen and oxygen atoms in total. The Morgan fingerprint density at radius 2 is 1.67 bits per heavy atom. The van der Waals surface area contributed by atoms with Crippen LogP contribution >= 0.6 is 0 Å². The number of rotatable bonds is 6. The van der Waals surface area contributed by atoms with Crippen molar-refractivity contribution in [3.05, 3.63) is 65.9 Å². The van der Waals surface area contributed by atoms with Gasteiger partial charge in [0.1, 0.15) is 5.69 Å². The molecule has 30 heavy (non-hydrogen) atoms. The normalized spacial score (nSPS) is 21.8. The minimum Gasteiger partial charge on any atom is -0.396 e. The number of hydrogen-bond donors (Lipinski definition) is 2. The molecule has 1 aromatic heterocycles. The summed E-state index contributed by atoms with van der Waals surface area (Å²) in [5, 5.41) is 18.2. The van der Waals surface area contributed by atoms with Crippen LogP contribution in [0.25, 0.3) is 11.3 Å². The van der Waals surface area contributed by atoms with Gasteiger partial charge in [-0.3, -0.25) is 0 Å². The van der Waals surface area contributed by atoms with Gasteiger partial charge in [0.15, 0.2) is 0 Å². The molecular weight excluding hydrogens is 400 g/mol. The number of nitrogens with one attached hydrogen (secondary N) is 1. The van der Waals surface area contributed by atoms with Crippen LogP contribution in [0.5, 0.6) is 0 Å². The minimum atomic E-state index is -3.68. The van der Waals surface area contributed by atoms with Gasteiger partial charge in [-0.25, -0.2) is 17.8 Å². The van der Waals surface area contributed by atoms with E-state index in [0.29, 0.717) is 12.8 Å². The van der Waals surface area contributed by atoms with Crippen molar-refractivity contribution in [1.29, 1.82) is 0 Å². The molecule has 0 saturated heterocycles. The second-order valence-corrected chi connectivity index (χ2v) is 9.79. The highest BCUT2D eigenvalue weighted by atomic mass is 32.2. The Morgan fingerprint density at radius 1 is 1.03 bits per heavy atom. The quantitative estimate of drug-likeness (QED) is 0.632. The van der Waals surface area contributed by atoms with E-state index in [1.165, 1.54) is 5.56 Å². The maximum absolute atomic E-state index is 12.9. The molecule has 158 valence electrons. The first-order valence-electron chi connectivity index (χ1n) is 10.0. The molecule has 1 aliphatic carbocycles. The van der Waals surface area contributed by atoms with E-state index in [2.05, 4.69) is 15.0 Å². The maximum Gasteiger partial charge on any atom is 0.240 e. The molecule has 1 fully saturated rings. The molecular formula is C22H26N4O3S. The van der Waals surface area contributed by atoms with Crippen molar-refractivity contribution in [3.63, 3.8) is 0 Å². The van der Waals surface area contributed by atoms with Crippen LogP contribution in [0.1, 0.15) is 30.0 Å². The Hall–Kier alpha value is -2.55. The molecule has 0 spiro atoms. The molecule has 3 aromatic rings. The molecule has 1 heterocycles. The molecule has 2 N–H and O–H groups in total. The second-order valence-electron chi connectivity index (χ2n) is 8.08. The summed E-state index contributed by atoms with van der Waals surface area (Å²) in [4.78, 5) is 0.234. The third-order valence-corrected chi connectivity index (χ3v) is 7.23. The molecule has 1 saturated carbocycles. The van der Waals surface area contributed by atoms with Gasteiger partial charge in [0.05, 0.1) is 17.1 Å². The lowest BCUT2D eigenvalue weighted by atomic mass is 10.1. The van der Waals surface area contributed by atoms with Crippen molar-refractivity contribution in [3.8, 4) is 11.3 Å². The first-order chi connectivity index (χ1) is 14.4. The van der Waals surface area contributed by atoms with Gasteiger partial charge in [-0.1, -0.05) is 52.7 Å². The highest BCUT2D eigenvalue weighted by molar-refractivity contribution is 7.89. The largest absolute Gasteiger partial charge is 0.396 e. The van der Waals surface area contributed by atoms with Gasteiger partial charge < -0.3 is 5.11 Å². The van der Waals surface area contributed by atoms with E-state index in [-0.39, 0.29) is 29.5 Å². The van der Waals surface area contributed by atoms with Crippen LogP contribution < -0.4 is 4.72 Å². The number of benzene rings is 2. The lowest BCUT2D eigenvalue weighted by Crippen LogP contribution is -2.38. The molecule has 0 radical (unpaired) electrons. The smallest absolute Gasteiger partial charge is 0.240 e. The van der Waals surface area contributed by atoms with Gasteiger partial charge in [0.2, 0.25) is 10.0 Å². The monoisotopic (exact) mass is 426 g/mol. The predicted octanol–water partition coefficient (Wildman–Crippen LogP) is 2.85. The van der Waals surface area contributed by atoms with Crippen LogP contribution in [0.15, 0.2) is 59.6 Å². The fraction of sp³-hybridized carbons (Fsp3) is 0.364. The number of nitrogens with zero attached hydrogens (tertiary/aromatic N) is 3. The van der Waals surface area contributed by atoms with Crippen LogP contribution in [-0.2, 0) is 10.0 Å². The standard InChI is InChI=1S/C22H26N4O3S/c1-15-3-7-18(8-4-15)21-13-26(25-23-21)22-12-17(14-27)11-20(22)24-30(28,29)19-9-5-16(2)6-10-19/h3-10,13,17,20,22,24,27H,11-12,14H2,1-2H3/t17-,20+,22+/m1/s1. The number of hydrogen-bond acceptors (Lipinski definition) is 5. The van der Waals surface area contributed by atoms with Gasteiger partial charge >= 0.3 is 0 Å². The first kappa shape index (κ1) is 20.7. The van der Waals surface area contributed by atoms with Gasteiger partial charge in [0, 0.05) is 18.2 Å². The topological polar surface area (TPSA) is 97.1 Å². The zero-order valence-electron chi connectivity index (χ0n) is 17.1. The van der Waals surface area contributed by atoms with Crippen molar-refractivity contribution < 1.29 is 13.5 Å². The zero-order valence-corrected chi connectivity index (χ0v) is 17.9. The van der Waals surface area contributed by atoms with E-state index in [9.17, 15) is 13.5 Å². The number of sulfonamides is 1. The number of aromatic nitrogens is 3. The highest BCUT2D eigenvalue weighted by Gasteiger charge is 2.38. The Balaban J connectivity index is 1.58. The van der Waals surface area contributed by atoms with E-state index in [1.807, 2.05) is 44.3 Å². The van der Waals surface area contributed by atoms with Crippen molar-refractivity contribution in [2.75, 3.05) is 6.61 Å². The van der Waals surface area contributed by atoms with Gasteiger partial charge in [-0.05, 0) is 44.7 Å². The first-order valence-corrected chi connectivity index (χ1v) is 11.5. The molecule has 0 amide bonds. The molecule has 0 bridgehead atoms. The van der Waals surface area contributed by atoms with Crippen LogP contribution in [0, 0.1) is 19.8 Å². The summed E-state index contributed by atoms with van der Waals surface area (Å²) in [5.74, 6) is 0.00717. The Morgan fingerprint density at radius 3 is 2.30 bits per heavy atom. The third kappa shape index (κ3) is 4.30. The fourth-order valence-corrected chi connectivity index (χ4v) is 5.25. The summed E-state index contributed by atoms with van der Waals surface area (Å²) in [6, 6.07) is 14.2. The minimum absolute atomic E-state index is 0.00717. The maximum atomic E-state index is 12.9. The summed E-state index contributed by atoms with van der Waals surface area (Å²) >= 11 is 0. The number of aliphatic hydroxyl groups is 1. The van der Waals surface area contributed by atoms with E-state index >= 15 is 0 Å². The summed E-state index contributed by atoms with van der Waals surface area (Å²) in [6.07, 6.45) is 3.03. The molecule has 3 atom stereocenters. The van der Waals surface area contributed by atoms with Gasteiger partial charge in [-0.15, -0.1) is 5.10 Å². The summed E-state index contributed by atoms with van der Waals surface area (Å²) < 4.78 is 30.4. The van der Waals surface area contributed by atoms with Crippen LogP contribution in [0.2, 0.25) is 0 Å². The zero-order chi connectivity index (χ0) is 21.3. The highest BCUT2D eigenvalue weighted by Crippen LogP contribution is 2.36. The van der Waals surface area contributed by atoms with Crippen molar-refractivity contribution in [2.45, 2.75) is 43.7 Å². The number of aliphatic hydroxyl groups excluding tert-OH is 1. The Labute approximate surface area is 176 Å². The van der Waals surface area contributed by atoms with E-state index in [1.54, 1.807) is 28.9 Å². The molecule has 2 aromatic carbocycles. The summed E-state index contributed by atoms with van der Waals surface area (Å²) in [6.45, 7) is 3.96.